The van der Waals surface area contributed by atoms with E-state index in [1.807, 2.05) is 0 Å². The lowest BCUT2D eigenvalue weighted by atomic mass is 9.93. The maximum absolute atomic E-state index is 6.12. The van der Waals surface area contributed by atoms with Crippen molar-refractivity contribution in [2.45, 2.75) is 52.1 Å². The van der Waals surface area contributed by atoms with Gasteiger partial charge in [-0.25, -0.2) is 0 Å². The fourth-order valence-corrected chi connectivity index (χ4v) is 2.68. The van der Waals surface area contributed by atoms with Gasteiger partial charge in [0, 0.05) is 23.5 Å². The Bertz CT molecular complexity index is 336. The SMILES string of the molecule is Cc1cc2c(n1C(C)C)CCCC2N. The van der Waals surface area contributed by atoms with Crippen molar-refractivity contribution < 1.29 is 0 Å². The molecule has 78 valence electrons. The Kier molecular flexibility index (Phi) is 2.40. The molecule has 1 aromatic heterocycles. The molecule has 1 heterocycles. The number of hydrogen-bond acceptors (Lipinski definition) is 1. The summed E-state index contributed by atoms with van der Waals surface area (Å²) >= 11 is 0. The molecule has 2 rings (SSSR count). The zero-order chi connectivity index (χ0) is 10.3. The Labute approximate surface area is 86.1 Å². The fourth-order valence-electron chi connectivity index (χ4n) is 2.68. The lowest BCUT2D eigenvalue weighted by Crippen LogP contribution is -2.19. The van der Waals surface area contributed by atoms with E-state index < -0.39 is 0 Å². The molecule has 0 spiro atoms. The van der Waals surface area contributed by atoms with E-state index in [-0.39, 0.29) is 6.04 Å². The van der Waals surface area contributed by atoms with Gasteiger partial charge < -0.3 is 10.3 Å². The van der Waals surface area contributed by atoms with Crippen LogP contribution in [-0.4, -0.2) is 4.57 Å². The van der Waals surface area contributed by atoms with Gasteiger partial charge in [0.1, 0.15) is 0 Å². The van der Waals surface area contributed by atoms with Crippen molar-refractivity contribution in [3.63, 3.8) is 0 Å². The normalized spacial score (nSPS) is 21.4. The molecule has 0 aromatic carbocycles. The minimum Gasteiger partial charge on any atom is -0.346 e. The van der Waals surface area contributed by atoms with E-state index in [0.29, 0.717) is 6.04 Å². The van der Waals surface area contributed by atoms with Crippen LogP contribution in [-0.2, 0) is 6.42 Å². The standard InChI is InChI=1S/C12H20N2/c1-8(2)14-9(3)7-10-11(13)5-4-6-12(10)14/h7-8,11H,4-6,13H2,1-3H3. The van der Waals surface area contributed by atoms with Gasteiger partial charge in [-0.3, -0.25) is 0 Å². The van der Waals surface area contributed by atoms with Gasteiger partial charge in [0.05, 0.1) is 0 Å². The van der Waals surface area contributed by atoms with Crippen LogP contribution in [0.25, 0.3) is 0 Å². The molecular formula is C12H20N2. The average molecular weight is 192 g/mol. The zero-order valence-corrected chi connectivity index (χ0v) is 9.38. The first-order valence-electron chi connectivity index (χ1n) is 5.57. The van der Waals surface area contributed by atoms with Gasteiger partial charge in [-0.15, -0.1) is 0 Å². The van der Waals surface area contributed by atoms with E-state index >= 15 is 0 Å². The summed E-state index contributed by atoms with van der Waals surface area (Å²) in [5.74, 6) is 0. The highest BCUT2D eigenvalue weighted by molar-refractivity contribution is 5.33. The molecule has 0 aliphatic heterocycles. The van der Waals surface area contributed by atoms with Crippen LogP contribution < -0.4 is 5.73 Å². The lowest BCUT2D eigenvalue weighted by molar-refractivity contribution is 0.508. The third-order valence-electron chi connectivity index (χ3n) is 3.21. The van der Waals surface area contributed by atoms with Crippen molar-refractivity contribution in [1.82, 2.24) is 4.57 Å². The number of nitrogens with two attached hydrogens (primary N) is 1. The Hall–Kier alpha value is -0.760. The lowest BCUT2D eigenvalue weighted by Gasteiger charge is -2.22. The van der Waals surface area contributed by atoms with Crippen molar-refractivity contribution in [3.05, 3.63) is 23.0 Å². The quantitative estimate of drug-likeness (QED) is 0.728. The van der Waals surface area contributed by atoms with Crippen LogP contribution in [0.1, 0.15) is 55.7 Å². The monoisotopic (exact) mass is 192 g/mol. The topological polar surface area (TPSA) is 30.9 Å². The number of rotatable bonds is 1. The Morgan fingerprint density at radius 3 is 2.86 bits per heavy atom. The summed E-state index contributed by atoms with van der Waals surface area (Å²) in [7, 11) is 0. The highest BCUT2D eigenvalue weighted by Crippen LogP contribution is 2.32. The van der Waals surface area contributed by atoms with Crippen LogP contribution in [0.2, 0.25) is 0 Å². The molecule has 1 unspecified atom stereocenters. The molecule has 1 aliphatic carbocycles. The molecule has 0 fully saturated rings. The van der Waals surface area contributed by atoms with Crippen molar-refractivity contribution in [3.8, 4) is 0 Å². The highest BCUT2D eigenvalue weighted by atomic mass is 15.0. The summed E-state index contributed by atoms with van der Waals surface area (Å²) in [6, 6.07) is 3.11. The van der Waals surface area contributed by atoms with Crippen LogP contribution in [0.3, 0.4) is 0 Å². The zero-order valence-electron chi connectivity index (χ0n) is 9.38. The molecule has 2 N–H and O–H groups in total. The van der Waals surface area contributed by atoms with Crippen LogP contribution in [0.15, 0.2) is 6.07 Å². The van der Waals surface area contributed by atoms with Crippen molar-refractivity contribution >= 4 is 0 Å². The van der Waals surface area contributed by atoms with E-state index in [1.165, 1.54) is 29.8 Å². The molecule has 0 amide bonds. The largest absolute Gasteiger partial charge is 0.346 e. The maximum Gasteiger partial charge on any atom is 0.0313 e. The van der Waals surface area contributed by atoms with Gasteiger partial charge in [0.15, 0.2) is 0 Å². The summed E-state index contributed by atoms with van der Waals surface area (Å²) < 4.78 is 2.44. The molecular weight excluding hydrogens is 172 g/mol. The van der Waals surface area contributed by atoms with E-state index in [1.54, 1.807) is 0 Å². The predicted molar refractivity (Wildman–Crippen MR) is 59.4 cm³/mol. The molecule has 0 saturated heterocycles. The molecule has 1 aliphatic rings. The molecule has 2 heteroatoms. The first-order chi connectivity index (χ1) is 6.61. The second-order valence-electron chi connectivity index (χ2n) is 4.65. The highest BCUT2D eigenvalue weighted by Gasteiger charge is 2.22. The molecule has 2 nitrogen and oxygen atoms in total. The number of aryl methyl sites for hydroxylation is 1. The number of aromatic nitrogens is 1. The van der Waals surface area contributed by atoms with E-state index in [9.17, 15) is 0 Å². The summed E-state index contributed by atoms with van der Waals surface area (Å²) in [5.41, 5.74) is 10.4. The van der Waals surface area contributed by atoms with Gasteiger partial charge in [0.2, 0.25) is 0 Å². The average Bonchev–Trinajstić information content (AvgIpc) is 2.42. The molecule has 0 bridgehead atoms. The number of hydrogen-bond donors (Lipinski definition) is 1. The van der Waals surface area contributed by atoms with Crippen LogP contribution in [0, 0.1) is 6.92 Å². The fraction of sp³-hybridized carbons (Fsp3) is 0.667. The van der Waals surface area contributed by atoms with Gasteiger partial charge in [0.25, 0.3) is 0 Å². The maximum atomic E-state index is 6.12. The Balaban J connectivity index is 2.51. The van der Waals surface area contributed by atoms with Crippen LogP contribution in [0.5, 0.6) is 0 Å². The van der Waals surface area contributed by atoms with Crippen molar-refractivity contribution in [2.75, 3.05) is 0 Å². The Morgan fingerprint density at radius 1 is 1.50 bits per heavy atom. The van der Waals surface area contributed by atoms with E-state index in [2.05, 4.69) is 31.4 Å². The summed E-state index contributed by atoms with van der Waals surface area (Å²) in [5, 5.41) is 0. The third-order valence-corrected chi connectivity index (χ3v) is 3.21. The van der Waals surface area contributed by atoms with E-state index in [0.717, 1.165) is 6.42 Å². The van der Waals surface area contributed by atoms with Gasteiger partial charge in [-0.05, 0) is 51.7 Å². The first-order valence-corrected chi connectivity index (χ1v) is 5.57. The Morgan fingerprint density at radius 2 is 2.21 bits per heavy atom. The second-order valence-corrected chi connectivity index (χ2v) is 4.65. The minimum absolute atomic E-state index is 0.275. The summed E-state index contributed by atoms with van der Waals surface area (Å²) in [4.78, 5) is 0. The minimum atomic E-state index is 0.275. The third kappa shape index (κ3) is 1.38. The summed E-state index contributed by atoms with van der Waals surface area (Å²) in [6.07, 6.45) is 3.59. The predicted octanol–water partition coefficient (Wildman–Crippen LogP) is 2.71. The van der Waals surface area contributed by atoms with Gasteiger partial charge in [-0.2, -0.15) is 0 Å². The smallest absolute Gasteiger partial charge is 0.0313 e. The molecule has 1 atom stereocenters. The number of fused-ring (bicyclic) bond motifs is 1. The second kappa shape index (κ2) is 3.43. The molecule has 14 heavy (non-hydrogen) atoms. The first kappa shape index (κ1) is 9.78. The van der Waals surface area contributed by atoms with Crippen molar-refractivity contribution in [1.29, 1.82) is 0 Å². The van der Waals surface area contributed by atoms with Crippen molar-refractivity contribution in [2.24, 2.45) is 5.73 Å². The molecule has 0 radical (unpaired) electrons. The van der Waals surface area contributed by atoms with E-state index in [4.69, 9.17) is 5.73 Å². The molecule has 0 saturated carbocycles. The molecule has 1 aromatic rings. The summed E-state index contributed by atoms with van der Waals surface area (Å²) in [6.45, 7) is 6.67. The number of nitrogens with zero attached hydrogens (tertiary/aromatic N) is 1. The van der Waals surface area contributed by atoms with Crippen LogP contribution in [0.4, 0.5) is 0 Å². The van der Waals surface area contributed by atoms with Gasteiger partial charge in [-0.1, -0.05) is 0 Å². The van der Waals surface area contributed by atoms with Crippen LogP contribution >= 0.6 is 0 Å². The van der Waals surface area contributed by atoms with Gasteiger partial charge >= 0.3 is 0 Å².